The molecule has 1 saturated heterocycles. The van der Waals surface area contributed by atoms with E-state index in [1.165, 1.54) is 0 Å². The Bertz CT molecular complexity index is 242. The maximum absolute atomic E-state index is 13.2. The lowest BCUT2D eigenvalue weighted by Gasteiger charge is -2.43. The molecule has 0 spiro atoms. The second-order valence-electron chi connectivity index (χ2n) is 5.11. The van der Waals surface area contributed by atoms with E-state index in [2.05, 4.69) is 5.32 Å². The van der Waals surface area contributed by atoms with Crippen molar-refractivity contribution in [3.8, 4) is 0 Å². The number of ether oxygens (including phenoxy) is 1. The molecule has 0 amide bonds. The maximum Gasteiger partial charge on any atom is 0.406 e. The normalized spacial score (nSPS) is 30.9. The van der Waals surface area contributed by atoms with E-state index in [0.29, 0.717) is 13.0 Å². The fourth-order valence-corrected chi connectivity index (χ4v) is 2.20. The van der Waals surface area contributed by atoms with Gasteiger partial charge in [-0.05, 0) is 25.3 Å². The Kier molecular flexibility index (Phi) is 4.84. The lowest BCUT2D eigenvalue weighted by Crippen LogP contribution is -2.62. The van der Waals surface area contributed by atoms with Crippen LogP contribution in [0.25, 0.3) is 0 Å². The first-order valence-electron chi connectivity index (χ1n) is 6.26. The molecule has 5 heteroatoms. The number of rotatable bonds is 4. The molecule has 0 saturated carbocycles. The topological polar surface area (TPSA) is 21.3 Å². The van der Waals surface area contributed by atoms with E-state index < -0.39 is 11.7 Å². The molecule has 0 aromatic heterocycles. The number of alkyl halides is 3. The molecule has 2 nitrogen and oxygen atoms in total. The molecule has 0 aromatic rings. The van der Waals surface area contributed by atoms with Gasteiger partial charge in [0, 0.05) is 13.0 Å². The van der Waals surface area contributed by atoms with E-state index in [0.717, 1.165) is 0 Å². The first-order chi connectivity index (χ1) is 7.82. The van der Waals surface area contributed by atoms with E-state index in [-0.39, 0.29) is 31.5 Å². The predicted molar refractivity (Wildman–Crippen MR) is 60.9 cm³/mol. The van der Waals surface area contributed by atoms with Crippen LogP contribution < -0.4 is 5.32 Å². The predicted octanol–water partition coefficient (Wildman–Crippen LogP) is 3.12. The van der Waals surface area contributed by atoms with Crippen LogP contribution in [0.5, 0.6) is 0 Å². The first kappa shape index (κ1) is 14.8. The number of nitrogens with one attached hydrogen (secondary N) is 1. The second kappa shape index (κ2) is 5.57. The van der Waals surface area contributed by atoms with Crippen molar-refractivity contribution in [2.75, 3.05) is 13.2 Å². The van der Waals surface area contributed by atoms with Crippen molar-refractivity contribution in [1.29, 1.82) is 0 Å². The highest BCUT2D eigenvalue weighted by molar-refractivity contribution is 4.99. The Hall–Kier alpha value is -0.290. The molecule has 2 unspecified atom stereocenters. The molecule has 1 rings (SSSR count). The van der Waals surface area contributed by atoms with Crippen molar-refractivity contribution < 1.29 is 17.9 Å². The van der Waals surface area contributed by atoms with Gasteiger partial charge in [-0.1, -0.05) is 20.8 Å². The van der Waals surface area contributed by atoms with Crippen LogP contribution in [0.15, 0.2) is 0 Å². The molecule has 17 heavy (non-hydrogen) atoms. The van der Waals surface area contributed by atoms with E-state index in [4.69, 9.17) is 4.74 Å². The van der Waals surface area contributed by atoms with Gasteiger partial charge in [-0.3, -0.25) is 0 Å². The van der Waals surface area contributed by atoms with Gasteiger partial charge in [-0.15, -0.1) is 0 Å². The van der Waals surface area contributed by atoms with Crippen LogP contribution in [0, 0.1) is 5.92 Å². The van der Waals surface area contributed by atoms with Crippen molar-refractivity contribution in [3.05, 3.63) is 0 Å². The first-order valence-corrected chi connectivity index (χ1v) is 6.26. The zero-order chi connectivity index (χ0) is 13.1. The molecule has 0 bridgehead atoms. The van der Waals surface area contributed by atoms with Crippen molar-refractivity contribution in [2.45, 2.75) is 57.9 Å². The monoisotopic (exact) mass is 253 g/mol. The van der Waals surface area contributed by atoms with Crippen LogP contribution in [-0.4, -0.2) is 31.0 Å². The Morgan fingerprint density at radius 3 is 2.53 bits per heavy atom. The third kappa shape index (κ3) is 3.35. The van der Waals surface area contributed by atoms with Crippen LogP contribution >= 0.6 is 0 Å². The average Bonchev–Trinajstić information content (AvgIpc) is 2.25. The molecule has 2 atom stereocenters. The quantitative estimate of drug-likeness (QED) is 0.831. The zero-order valence-electron chi connectivity index (χ0n) is 10.7. The summed E-state index contributed by atoms with van der Waals surface area (Å²) in [7, 11) is 0. The number of hydrogen-bond donors (Lipinski definition) is 1. The molecule has 1 fully saturated rings. The molecular formula is C12H22F3NO. The summed E-state index contributed by atoms with van der Waals surface area (Å²) < 4.78 is 45.1. The van der Waals surface area contributed by atoms with Gasteiger partial charge in [0.1, 0.15) is 5.54 Å². The smallest absolute Gasteiger partial charge is 0.378 e. The van der Waals surface area contributed by atoms with Crippen molar-refractivity contribution >= 4 is 0 Å². The van der Waals surface area contributed by atoms with Crippen LogP contribution in [0.4, 0.5) is 13.2 Å². The molecule has 1 N–H and O–H groups in total. The van der Waals surface area contributed by atoms with Gasteiger partial charge in [-0.2, -0.15) is 13.2 Å². The SMILES string of the molecule is CCCNC1(C(F)(F)F)CCOC(C(C)C)C1. The van der Waals surface area contributed by atoms with E-state index in [9.17, 15) is 13.2 Å². The van der Waals surface area contributed by atoms with Crippen LogP contribution in [0.1, 0.15) is 40.0 Å². The second-order valence-corrected chi connectivity index (χ2v) is 5.11. The minimum absolute atomic E-state index is 0.0136. The summed E-state index contributed by atoms with van der Waals surface area (Å²) in [6.07, 6.45) is -3.78. The summed E-state index contributed by atoms with van der Waals surface area (Å²) in [5.41, 5.74) is -1.75. The minimum Gasteiger partial charge on any atom is -0.378 e. The van der Waals surface area contributed by atoms with Gasteiger partial charge in [0.15, 0.2) is 0 Å². The van der Waals surface area contributed by atoms with E-state index >= 15 is 0 Å². The molecule has 0 aliphatic carbocycles. The molecular weight excluding hydrogens is 231 g/mol. The highest BCUT2D eigenvalue weighted by atomic mass is 19.4. The largest absolute Gasteiger partial charge is 0.406 e. The van der Waals surface area contributed by atoms with Crippen LogP contribution in [0.3, 0.4) is 0 Å². The molecule has 0 aromatic carbocycles. The Morgan fingerprint density at radius 1 is 1.41 bits per heavy atom. The fourth-order valence-electron chi connectivity index (χ4n) is 2.20. The summed E-state index contributed by atoms with van der Waals surface area (Å²) in [5, 5.41) is 2.70. The van der Waals surface area contributed by atoms with Gasteiger partial charge in [0.05, 0.1) is 6.10 Å². The molecule has 1 aliphatic heterocycles. The highest BCUT2D eigenvalue weighted by Crippen LogP contribution is 2.41. The Balaban J connectivity index is 2.82. The summed E-state index contributed by atoms with van der Waals surface area (Å²) in [6, 6.07) is 0. The van der Waals surface area contributed by atoms with Gasteiger partial charge < -0.3 is 10.1 Å². The lowest BCUT2D eigenvalue weighted by molar-refractivity contribution is -0.228. The third-order valence-corrected chi connectivity index (χ3v) is 3.41. The Labute approximate surface area is 101 Å². The third-order valence-electron chi connectivity index (χ3n) is 3.41. The summed E-state index contributed by atoms with van der Waals surface area (Å²) >= 11 is 0. The van der Waals surface area contributed by atoms with Crippen LogP contribution in [-0.2, 0) is 4.74 Å². The molecule has 1 heterocycles. The van der Waals surface area contributed by atoms with Gasteiger partial charge in [0.25, 0.3) is 0 Å². The van der Waals surface area contributed by atoms with Crippen molar-refractivity contribution in [3.63, 3.8) is 0 Å². The lowest BCUT2D eigenvalue weighted by atomic mass is 9.82. The summed E-state index contributed by atoms with van der Waals surface area (Å²) in [4.78, 5) is 0. The summed E-state index contributed by atoms with van der Waals surface area (Å²) in [5.74, 6) is 0.112. The van der Waals surface area contributed by atoms with E-state index in [1.807, 2.05) is 20.8 Å². The molecule has 1 aliphatic rings. The van der Waals surface area contributed by atoms with E-state index in [1.54, 1.807) is 0 Å². The molecule has 102 valence electrons. The van der Waals surface area contributed by atoms with Crippen molar-refractivity contribution in [2.24, 2.45) is 5.92 Å². The van der Waals surface area contributed by atoms with Gasteiger partial charge in [0.2, 0.25) is 0 Å². The van der Waals surface area contributed by atoms with Gasteiger partial charge in [-0.25, -0.2) is 0 Å². The summed E-state index contributed by atoms with van der Waals surface area (Å²) in [6.45, 7) is 6.24. The fraction of sp³-hybridized carbons (Fsp3) is 1.00. The highest BCUT2D eigenvalue weighted by Gasteiger charge is 2.56. The number of hydrogen-bond acceptors (Lipinski definition) is 2. The zero-order valence-corrected chi connectivity index (χ0v) is 10.7. The average molecular weight is 253 g/mol. The standard InChI is InChI=1S/C12H22F3NO/c1-4-6-16-11(12(13,14)15)5-7-17-10(8-11)9(2)3/h9-10,16H,4-8H2,1-3H3. The Morgan fingerprint density at radius 2 is 2.06 bits per heavy atom. The van der Waals surface area contributed by atoms with Gasteiger partial charge >= 0.3 is 6.18 Å². The maximum atomic E-state index is 13.2. The number of halogens is 3. The molecule has 0 radical (unpaired) electrons. The minimum atomic E-state index is -4.21. The van der Waals surface area contributed by atoms with Crippen molar-refractivity contribution in [1.82, 2.24) is 5.32 Å². The van der Waals surface area contributed by atoms with Crippen LogP contribution in [0.2, 0.25) is 0 Å².